The normalized spacial score (nSPS) is 18.6. The molecule has 1 aromatic heterocycles. The van der Waals surface area contributed by atoms with Gasteiger partial charge in [-0.15, -0.1) is 0 Å². The molecule has 0 saturated heterocycles. The number of hydrogen-bond acceptors (Lipinski definition) is 3. The second-order valence-electron chi connectivity index (χ2n) is 7.94. The lowest BCUT2D eigenvalue weighted by molar-refractivity contribution is -0.138. The zero-order valence-corrected chi connectivity index (χ0v) is 16.0. The van der Waals surface area contributed by atoms with E-state index in [0.717, 1.165) is 55.4 Å². The summed E-state index contributed by atoms with van der Waals surface area (Å²) in [6, 6.07) is 2.99. The first-order valence-corrected chi connectivity index (χ1v) is 10.0. The number of aromatic amines is 1. The van der Waals surface area contributed by atoms with Gasteiger partial charge in [-0.05, 0) is 25.0 Å². The molecule has 1 aromatic carbocycles. The van der Waals surface area contributed by atoms with Crippen LogP contribution >= 0.6 is 0 Å². The molecule has 1 fully saturated rings. The molecule has 1 N–H and O–H groups in total. The van der Waals surface area contributed by atoms with Crippen LogP contribution < -0.4 is 5.56 Å². The van der Waals surface area contributed by atoms with Crippen LogP contribution in [0.5, 0.6) is 0 Å². The second-order valence-corrected chi connectivity index (χ2v) is 7.94. The average Bonchev–Trinajstić information content (AvgIpc) is 2.69. The van der Waals surface area contributed by atoms with Gasteiger partial charge in [-0.3, -0.25) is 9.69 Å². The summed E-state index contributed by atoms with van der Waals surface area (Å²) in [6.45, 7) is 0.387. The number of fused-ring (bicyclic) bond motifs is 1. The Kier molecular flexibility index (Phi) is 5.46. The van der Waals surface area contributed by atoms with Crippen LogP contribution in [-0.4, -0.2) is 21.4 Å². The molecule has 0 amide bonds. The minimum absolute atomic E-state index is 0.161. The molecule has 2 aromatic rings. The van der Waals surface area contributed by atoms with E-state index in [2.05, 4.69) is 9.97 Å². The summed E-state index contributed by atoms with van der Waals surface area (Å²) in [5.41, 5.74) is -0.393. The minimum Gasteiger partial charge on any atom is -0.310 e. The lowest BCUT2D eigenvalue weighted by atomic mass is 9.88. The number of rotatable bonds is 3. The first kappa shape index (κ1) is 20.1. The molecule has 2 heterocycles. The minimum atomic E-state index is -4.63. The zero-order chi connectivity index (χ0) is 20.6. The van der Waals surface area contributed by atoms with Crippen molar-refractivity contribution in [3.05, 3.63) is 62.6 Å². The van der Waals surface area contributed by atoms with Gasteiger partial charge in [0.15, 0.2) is 0 Å². The number of alkyl halides is 3. The van der Waals surface area contributed by atoms with E-state index in [0.29, 0.717) is 18.5 Å². The van der Waals surface area contributed by atoms with Gasteiger partial charge in [-0.1, -0.05) is 25.3 Å². The van der Waals surface area contributed by atoms with Crippen LogP contribution in [0, 0.1) is 5.82 Å². The van der Waals surface area contributed by atoms with E-state index in [4.69, 9.17) is 0 Å². The highest BCUT2D eigenvalue weighted by atomic mass is 19.4. The van der Waals surface area contributed by atoms with E-state index in [1.54, 1.807) is 4.90 Å². The van der Waals surface area contributed by atoms with Gasteiger partial charge < -0.3 is 4.98 Å². The van der Waals surface area contributed by atoms with Crippen LogP contribution in [0.3, 0.4) is 0 Å². The Bertz CT molecular complexity index is 948. The van der Waals surface area contributed by atoms with Gasteiger partial charge in [0.25, 0.3) is 5.56 Å². The first-order valence-electron chi connectivity index (χ1n) is 10.0. The summed E-state index contributed by atoms with van der Waals surface area (Å²) < 4.78 is 53.9. The van der Waals surface area contributed by atoms with Gasteiger partial charge in [0, 0.05) is 37.5 Å². The van der Waals surface area contributed by atoms with Gasteiger partial charge in [0.05, 0.1) is 16.8 Å². The van der Waals surface area contributed by atoms with Crippen molar-refractivity contribution in [2.45, 2.75) is 63.7 Å². The third-order valence-corrected chi connectivity index (χ3v) is 5.96. The summed E-state index contributed by atoms with van der Waals surface area (Å²) in [5.74, 6) is 0.119. The Morgan fingerprint density at radius 1 is 1.17 bits per heavy atom. The summed E-state index contributed by atoms with van der Waals surface area (Å²) in [6.07, 6.45) is 1.33. The maximum absolute atomic E-state index is 14.2. The predicted molar refractivity (Wildman–Crippen MR) is 99.9 cm³/mol. The average molecular weight is 409 g/mol. The first-order chi connectivity index (χ1) is 13.8. The third-order valence-electron chi connectivity index (χ3n) is 5.96. The third kappa shape index (κ3) is 4.22. The lowest BCUT2D eigenvalue weighted by Crippen LogP contribution is -2.36. The monoisotopic (exact) mass is 409 g/mol. The van der Waals surface area contributed by atoms with E-state index in [-0.39, 0.29) is 30.1 Å². The Hall–Kier alpha value is -2.22. The standard InChI is InChI=1S/C21H23F4N3O/c22-17-8-4-7-16(21(23,24)25)14(17)11-28-10-9-18-15(12-28)20(29)27-19(26-18)13-5-2-1-3-6-13/h4,7-8,13H,1-3,5-6,9-12H2,(H,26,27,29). The molecule has 2 aliphatic rings. The molecule has 29 heavy (non-hydrogen) atoms. The summed E-state index contributed by atoms with van der Waals surface area (Å²) >= 11 is 0. The molecule has 1 aliphatic heterocycles. The maximum Gasteiger partial charge on any atom is 0.416 e. The van der Waals surface area contributed by atoms with Crippen LogP contribution in [0.25, 0.3) is 0 Å². The number of benzene rings is 1. The number of hydrogen-bond donors (Lipinski definition) is 1. The Balaban J connectivity index is 1.57. The Morgan fingerprint density at radius 2 is 1.93 bits per heavy atom. The highest BCUT2D eigenvalue weighted by molar-refractivity contribution is 5.31. The van der Waals surface area contributed by atoms with Crippen LogP contribution in [0.4, 0.5) is 17.6 Å². The van der Waals surface area contributed by atoms with Crippen molar-refractivity contribution < 1.29 is 17.6 Å². The van der Waals surface area contributed by atoms with Crippen LogP contribution in [0.2, 0.25) is 0 Å². The molecule has 0 atom stereocenters. The highest BCUT2D eigenvalue weighted by Gasteiger charge is 2.35. The van der Waals surface area contributed by atoms with E-state index in [9.17, 15) is 22.4 Å². The van der Waals surface area contributed by atoms with Crippen molar-refractivity contribution in [1.82, 2.24) is 14.9 Å². The highest BCUT2D eigenvalue weighted by Crippen LogP contribution is 2.34. The van der Waals surface area contributed by atoms with Crippen molar-refractivity contribution in [1.29, 1.82) is 0 Å². The summed E-state index contributed by atoms with van der Waals surface area (Å²) in [5, 5.41) is 0. The molecule has 0 radical (unpaired) electrons. The van der Waals surface area contributed by atoms with Gasteiger partial charge in [0.2, 0.25) is 0 Å². The maximum atomic E-state index is 14.2. The van der Waals surface area contributed by atoms with Gasteiger partial charge in [0.1, 0.15) is 11.6 Å². The number of nitrogens with zero attached hydrogens (tertiary/aromatic N) is 2. The molecule has 1 aliphatic carbocycles. The van der Waals surface area contributed by atoms with Crippen molar-refractivity contribution in [2.75, 3.05) is 6.54 Å². The fourth-order valence-electron chi connectivity index (χ4n) is 4.41. The van der Waals surface area contributed by atoms with Crippen molar-refractivity contribution in [3.63, 3.8) is 0 Å². The number of halogens is 4. The largest absolute Gasteiger partial charge is 0.416 e. The Labute approximate surface area is 166 Å². The quantitative estimate of drug-likeness (QED) is 0.758. The van der Waals surface area contributed by atoms with E-state index < -0.39 is 17.6 Å². The number of nitrogens with one attached hydrogen (secondary N) is 1. The summed E-state index contributed by atoms with van der Waals surface area (Å²) in [4.78, 5) is 21.9. The molecular weight excluding hydrogens is 386 g/mol. The smallest absolute Gasteiger partial charge is 0.310 e. The molecule has 0 bridgehead atoms. The fraction of sp³-hybridized carbons (Fsp3) is 0.524. The Morgan fingerprint density at radius 3 is 2.66 bits per heavy atom. The van der Waals surface area contributed by atoms with Crippen molar-refractivity contribution in [3.8, 4) is 0 Å². The van der Waals surface area contributed by atoms with Gasteiger partial charge >= 0.3 is 6.18 Å². The molecule has 4 rings (SSSR count). The molecule has 156 valence electrons. The zero-order valence-electron chi connectivity index (χ0n) is 16.0. The van der Waals surface area contributed by atoms with Crippen LogP contribution in [0.15, 0.2) is 23.0 Å². The van der Waals surface area contributed by atoms with Gasteiger partial charge in [-0.2, -0.15) is 13.2 Å². The molecule has 1 saturated carbocycles. The lowest BCUT2D eigenvalue weighted by Gasteiger charge is -2.29. The molecule has 8 heteroatoms. The van der Waals surface area contributed by atoms with E-state index >= 15 is 0 Å². The van der Waals surface area contributed by atoms with E-state index in [1.807, 2.05) is 0 Å². The van der Waals surface area contributed by atoms with Crippen LogP contribution in [0.1, 0.15) is 66.2 Å². The molecule has 0 unspecified atom stereocenters. The van der Waals surface area contributed by atoms with Crippen molar-refractivity contribution >= 4 is 0 Å². The number of H-pyrrole nitrogens is 1. The van der Waals surface area contributed by atoms with Gasteiger partial charge in [-0.25, -0.2) is 9.37 Å². The van der Waals surface area contributed by atoms with Crippen molar-refractivity contribution in [2.24, 2.45) is 0 Å². The SMILES string of the molecule is O=c1[nH]c(C2CCCCC2)nc2c1CN(Cc1c(F)cccc1C(F)(F)F)CC2. The molecule has 4 nitrogen and oxygen atoms in total. The molecule has 0 spiro atoms. The fourth-order valence-corrected chi connectivity index (χ4v) is 4.41. The van der Waals surface area contributed by atoms with Crippen LogP contribution in [-0.2, 0) is 25.7 Å². The summed E-state index contributed by atoms with van der Waals surface area (Å²) in [7, 11) is 0. The van der Waals surface area contributed by atoms with E-state index in [1.165, 1.54) is 6.42 Å². The second kappa shape index (κ2) is 7.89. The topological polar surface area (TPSA) is 49.0 Å². The predicted octanol–water partition coefficient (Wildman–Crippen LogP) is 4.53. The number of aromatic nitrogens is 2. The molecular formula is C21H23F4N3O.